The zero-order valence-electron chi connectivity index (χ0n) is 12.3. The third-order valence-corrected chi connectivity index (χ3v) is 6.12. The molecule has 1 fully saturated rings. The molecule has 2 rings (SSSR count). The molecule has 1 aromatic rings. The summed E-state index contributed by atoms with van der Waals surface area (Å²) in [6.45, 7) is 4.47. The van der Waals surface area contributed by atoms with Crippen LogP contribution in [0.4, 0.5) is 0 Å². The molecule has 0 atom stereocenters. The molecule has 1 heterocycles. The van der Waals surface area contributed by atoms with Gasteiger partial charge in [-0.3, -0.25) is 4.79 Å². The van der Waals surface area contributed by atoms with E-state index in [9.17, 15) is 4.79 Å². The Hall–Kier alpha value is -0.360. The van der Waals surface area contributed by atoms with Gasteiger partial charge in [0.15, 0.2) is 0 Å². The Kier molecular flexibility index (Phi) is 9.24. The summed E-state index contributed by atoms with van der Waals surface area (Å²) in [7, 11) is 0. The molecule has 1 aromatic carbocycles. The van der Waals surface area contributed by atoms with Crippen molar-refractivity contribution >= 4 is 41.8 Å². The Morgan fingerprint density at radius 2 is 1.86 bits per heavy atom. The maximum atomic E-state index is 11.9. The van der Waals surface area contributed by atoms with Gasteiger partial charge in [-0.25, -0.2) is 0 Å². The van der Waals surface area contributed by atoms with Crippen molar-refractivity contribution in [2.24, 2.45) is 0 Å². The fraction of sp³-hybridized carbons (Fsp3) is 0.533. The Balaban J connectivity index is 0.00000220. The van der Waals surface area contributed by atoms with Crippen molar-refractivity contribution in [3.63, 3.8) is 0 Å². The second-order valence-corrected chi connectivity index (χ2v) is 7.38. The number of benzene rings is 1. The summed E-state index contributed by atoms with van der Waals surface area (Å²) in [5.74, 6) is 2.49. The van der Waals surface area contributed by atoms with E-state index in [4.69, 9.17) is 0 Å². The summed E-state index contributed by atoms with van der Waals surface area (Å²) in [4.78, 5) is 11.9. The number of carbonyl (C=O) groups is 1. The lowest BCUT2D eigenvalue weighted by molar-refractivity contribution is 0.0954. The first-order chi connectivity index (χ1) is 9.81. The highest BCUT2D eigenvalue weighted by molar-refractivity contribution is 8.16. The van der Waals surface area contributed by atoms with Crippen LogP contribution in [0.25, 0.3) is 0 Å². The highest BCUT2D eigenvalue weighted by Crippen LogP contribution is 2.43. The minimum Gasteiger partial charge on any atom is -0.351 e. The summed E-state index contributed by atoms with van der Waals surface area (Å²) in [6.07, 6.45) is 1.30. The molecule has 3 nitrogen and oxygen atoms in total. The Morgan fingerprint density at radius 3 is 2.48 bits per heavy atom. The standard InChI is InChI=1S/C15H22N2OS2.ClH/c1-2-16-8-9-17-14(18)12-4-6-13(7-5-12)15-19-10-3-11-20-15;/h4-7,15-16H,2-3,8-11H2,1H3,(H,17,18);1H. The molecule has 1 aliphatic rings. The average molecular weight is 347 g/mol. The van der Waals surface area contributed by atoms with E-state index in [1.54, 1.807) is 0 Å². The van der Waals surface area contributed by atoms with Crippen molar-refractivity contribution in [1.29, 1.82) is 0 Å². The third-order valence-electron chi connectivity index (χ3n) is 3.11. The fourth-order valence-electron chi connectivity index (χ4n) is 2.02. The summed E-state index contributed by atoms with van der Waals surface area (Å²) in [6, 6.07) is 8.06. The maximum absolute atomic E-state index is 11.9. The van der Waals surface area contributed by atoms with Gasteiger partial charge in [-0.1, -0.05) is 19.1 Å². The van der Waals surface area contributed by atoms with Crippen LogP contribution in [0.15, 0.2) is 24.3 Å². The van der Waals surface area contributed by atoms with Crippen LogP contribution in [0.2, 0.25) is 0 Å². The number of halogens is 1. The predicted octanol–water partition coefficient (Wildman–Crippen LogP) is 3.32. The molecule has 0 unspecified atom stereocenters. The van der Waals surface area contributed by atoms with Crippen molar-refractivity contribution in [2.75, 3.05) is 31.1 Å². The van der Waals surface area contributed by atoms with E-state index in [1.165, 1.54) is 23.5 Å². The SMILES string of the molecule is CCNCCNC(=O)c1ccc(C2SCCCS2)cc1.Cl. The highest BCUT2D eigenvalue weighted by Gasteiger charge is 2.16. The van der Waals surface area contributed by atoms with Gasteiger partial charge in [0.2, 0.25) is 0 Å². The number of rotatable bonds is 6. The Labute approximate surface area is 141 Å². The Bertz CT molecular complexity index is 422. The third kappa shape index (κ3) is 6.10. The van der Waals surface area contributed by atoms with Crippen molar-refractivity contribution in [2.45, 2.75) is 17.9 Å². The minimum absolute atomic E-state index is 0. The molecule has 0 bridgehead atoms. The van der Waals surface area contributed by atoms with Gasteiger partial charge in [0, 0.05) is 18.7 Å². The first kappa shape index (κ1) is 18.7. The van der Waals surface area contributed by atoms with Crippen molar-refractivity contribution in [3.05, 3.63) is 35.4 Å². The van der Waals surface area contributed by atoms with Crippen LogP contribution in [0.5, 0.6) is 0 Å². The topological polar surface area (TPSA) is 41.1 Å². The summed E-state index contributed by atoms with van der Waals surface area (Å²) >= 11 is 4.01. The molecule has 0 spiro atoms. The van der Waals surface area contributed by atoms with Gasteiger partial charge in [0.05, 0.1) is 4.58 Å². The molecule has 1 aliphatic heterocycles. The fourth-order valence-corrected chi connectivity index (χ4v) is 4.91. The second kappa shape index (κ2) is 10.4. The number of hydrogen-bond donors (Lipinski definition) is 2. The number of amides is 1. The van der Waals surface area contributed by atoms with Crippen LogP contribution in [0, 0.1) is 0 Å². The van der Waals surface area contributed by atoms with Gasteiger partial charge in [0.1, 0.15) is 0 Å². The van der Waals surface area contributed by atoms with E-state index in [0.717, 1.165) is 18.7 Å². The molecule has 118 valence electrons. The molecule has 0 aromatic heterocycles. The molecule has 0 radical (unpaired) electrons. The Morgan fingerprint density at radius 1 is 1.19 bits per heavy atom. The van der Waals surface area contributed by atoms with Gasteiger partial charge < -0.3 is 10.6 Å². The van der Waals surface area contributed by atoms with Crippen LogP contribution in [0.1, 0.15) is 33.8 Å². The lowest BCUT2D eigenvalue weighted by Gasteiger charge is -2.21. The van der Waals surface area contributed by atoms with Gasteiger partial charge in [-0.15, -0.1) is 35.9 Å². The molecule has 2 N–H and O–H groups in total. The van der Waals surface area contributed by atoms with Crippen molar-refractivity contribution in [3.8, 4) is 0 Å². The van der Waals surface area contributed by atoms with E-state index >= 15 is 0 Å². The predicted molar refractivity (Wildman–Crippen MR) is 96.8 cm³/mol. The molecule has 21 heavy (non-hydrogen) atoms. The zero-order valence-corrected chi connectivity index (χ0v) is 14.7. The minimum atomic E-state index is 0. The van der Waals surface area contributed by atoms with Gasteiger partial charge in [0.25, 0.3) is 5.91 Å². The summed E-state index contributed by atoms with van der Waals surface area (Å²) < 4.78 is 0.537. The van der Waals surface area contributed by atoms with E-state index in [1.807, 2.05) is 35.7 Å². The molecular formula is C15H23ClN2OS2. The monoisotopic (exact) mass is 346 g/mol. The molecule has 0 aliphatic carbocycles. The van der Waals surface area contributed by atoms with Crippen molar-refractivity contribution in [1.82, 2.24) is 10.6 Å². The first-order valence-corrected chi connectivity index (χ1v) is 9.23. The number of hydrogen-bond acceptors (Lipinski definition) is 4. The smallest absolute Gasteiger partial charge is 0.251 e. The van der Waals surface area contributed by atoms with E-state index in [2.05, 4.69) is 29.7 Å². The van der Waals surface area contributed by atoms with Gasteiger partial charge >= 0.3 is 0 Å². The lowest BCUT2D eigenvalue weighted by Crippen LogP contribution is -2.31. The van der Waals surface area contributed by atoms with Crippen LogP contribution in [0.3, 0.4) is 0 Å². The highest BCUT2D eigenvalue weighted by atomic mass is 35.5. The number of carbonyl (C=O) groups excluding carboxylic acids is 1. The maximum Gasteiger partial charge on any atom is 0.251 e. The quantitative estimate of drug-likeness (QED) is 0.775. The average Bonchev–Trinajstić information content (AvgIpc) is 2.52. The molecule has 6 heteroatoms. The second-order valence-electron chi connectivity index (χ2n) is 4.66. The van der Waals surface area contributed by atoms with Crippen molar-refractivity contribution < 1.29 is 4.79 Å². The number of nitrogens with one attached hydrogen (secondary N) is 2. The molecular weight excluding hydrogens is 324 g/mol. The van der Waals surface area contributed by atoms with E-state index in [-0.39, 0.29) is 18.3 Å². The number of likely N-dealkylation sites (N-methyl/N-ethyl adjacent to an activating group) is 1. The molecule has 1 saturated heterocycles. The zero-order chi connectivity index (χ0) is 14.2. The van der Waals surface area contributed by atoms with E-state index in [0.29, 0.717) is 11.1 Å². The van der Waals surface area contributed by atoms with Crippen LogP contribution in [-0.2, 0) is 0 Å². The van der Waals surface area contributed by atoms with Gasteiger partial charge in [-0.2, -0.15) is 0 Å². The number of thioether (sulfide) groups is 2. The van der Waals surface area contributed by atoms with E-state index < -0.39 is 0 Å². The van der Waals surface area contributed by atoms with Crippen LogP contribution < -0.4 is 10.6 Å². The lowest BCUT2D eigenvalue weighted by atomic mass is 10.1. The first-order valence-electron chi connectivity index (χ1n) is 7.13. The summed E-state index contributed by atoms with van der Waals surface area (Å²) in [5.41, 5.74) is 2.07. The van der Waals surface area contributed by atoms with Crippen LogP contribution in [-0.4, -0.2) is 37.0 Å². The van der Waals surface area contributed by atoms with Crippen LogP contribution >= 0.6 is 35.9 Å². The largest absolute Gasteiger partial charge is 0.351 e. The molecule has 1 amide bonds. The molecule has 0 saturated carbocycles. The van der Waals surface area contributed by atoms with Gasteiger partial charge in [-0.05, 0) is 42.2 Å². The summed E-state index contributed by atoms with van der Waals surface area (Å²) in [5, 5.41) is 6.11. The normalized spacial score (nSPS) is 15.3.